The summed E-state index contributed by atoms with van der Waals surface area (Å²) in [5.41, 5.74) is 7.06. The van der Waals surface area contributed by atoms with Crippen LogP contribution in [0.4, 0.5) is 0 Å². The van der Waals surface area contributed by atoms with Crippen molar-refractivity contribution in [2.24, 2.45) is 10.7 Å². The van der Waals surface area contributed by atoms with Crippen LogP contribution < -0.4 is 5.73 Å². The Balaban J connectivity index is 4.00. The summed E-state index contributed by atoms with van der Waals surface area (Å²) in [5.74, 6) is 0. The van der Waals surface area contributed by atoms with Gasteiger partial charge in [-0.1, -0.05) is 0 Å². The van der Waals surface area contributed by atoms with E-state index < -0.39 is 0 Å². The molecule has 0 radical (unpaired) electrons. The largest absolute Gasteiger partial charge is 0.401 e. The number of hydrogen-bond donors (Lipinski definition) is 1. The first kappa shape index (κ1) is 7.21. The fraction of sp³-hybridized carbons (Fsp3) is 0.500. The highest BCUT2D eigenvalue weighted by Gasteiger charge is 1.82. The molecule has 0 spiro atoms. The minimum atomic E-state index is 0.781. The van der Waals surface area contributed by atoms with Gasteiger partial charge in [-0.15, -0.1) is 0 Å². The lowest BCUT2D eigenvalue weighted by Gasteiger charge is -1.91. The van der Waals surface area contributed by atoms with Crippen LogP contribution in [0.25, 0.3) is 0 Å². The molecule has 0 bridgehead atoms. The summed E-state index contributed by atoms with van der Waals surface area (Å²) in [6, 6.07) is 0. The molecule has 0 fully saturated rings. The van der Waals surface area contributed by atoms with Crippen molar-refractivity contribution in [1.29, 1.82) is 0 Å². The van der Waals surface area contributed by atoms with Gasteiger partial charge in [0.25, 0.3) is 0 Å². The molecule has 0 aliphatic rings. The maximum atomic E-state index is 5.39. The molecule has 0 aromatic rings. The van der Waals surface area contributed by atoms with Gasteiger partial charge in [0.2, 0.25) is 0 Å². The minimum absolute atomic E-state index is 0.781. The van der Waals surface area contributed by atoms with Gasteiger partial charge < -0.3 is 5.73 Å². The fourth-order valence-corrected chi connectivity index (χ4v) is 0.295. The highest BCUT2D eigenvalue weighted by atomic mass is 14.8. The Morgan fingerprint density at radius 1 is 1.50 bits per heavy atom. The smallest absolute Gasteiger partial charge is 0.0552 e. The maximum absolute atomic E-state index is 5.39. The molecule has 2 N–H and O–H groups in total. The summed E-state index contributed by atoms with van der Waals surface area (Å²) in [4.78, 5) is 3.95. The summed E-state index contributed by atoms with van der Waals surface area (Å²) in [6.45, 7) is 5.59. The number of allylic oxidation sites excluding steroid dienone is 2. The van der Waals surface area contributed by atoms with Crippen LogP contribution in [0, 0.1) is 0 Å². The van der Waals surface area contributed by atoms with E-state index in [1.807, 2.05) is 20.8 Å². The van der Waals surface area contributed by atoms with E-state index in [0.717, 1.165) is 11.4 Å². The van der Waals surface area contributed by atoms with Crippen LogP contribution in [-0.4, -0.2) is 6.21 Å². The number of hydrogen-bond acceptors (Lipinski definition) is 2. The minimum Gasteiger partial charge on any atom is -0.401 e. The average molecular weight is 112 g/mol. The van der Waals surface area contributed by atoms with Gasteiger partial charge in [0.05, 0.1) is 5.70 Å². The van der Waals surface area contributed by atoms with Gasteiger partial charge in [0, 0.05) is 11.9 Å². The summed E-state index contributed by atoms with van der Waals surface area (Å²) >= 11 is 0. The Hall–Kier alpha value is -0.790. The molecule has 0 amide bonds. The van der Waals surface area contributed by atoms with Crippen molar-refractivity contribution < 1.29 is 0 Å². The molecule has 0 rings (SSSR count). The Morgan fingerprint density at radius 2 is 2.00 bits per heavy atom. The average Bonchev–Trinajstić information content (AvgIpc) is 1.67. The Morgan fingerprint density at radius 3 is 2.12 bits per heavy atom. The number of rotatable bonds is 1. The predicted octanol–water partition coefficient (Wildman–Crippen LogP) is 1.29. The second-order valence-electron chi connectivity index (χ2n) is 1.66. The monoisotopic (exact) mass is 112 g/mol. The van der Waals surface area contributed by atoms with E-state index in [4.69, 9.17) is 5.73 Å². The summed E-state index contributed by atoms with van der Waals surface area (Å²) < 4.78 is 0. The van der Waals surface area contributed by atoms with E-state index in [-0.39, 0.29) is 0 Å². The van der Waals surface area contributed by atoms with E-state index in [1.54, 1.807) is 6.21 Å². The lowest BCUT2D eigenvalue weighted by Crippen LogP contribution is -1.93. The number of nitrogens with zero attached hydrogens (tertiary/aromatic N) is 1. The maximum Gasteiger partial charge on any atom is 0.0552 e. The van der Waals surface area contributed by atoms with Crippen molar-refractivity contribution >= 4 is 6.21 Å². The van der Waals surface area contributed by atoms with Crippen molar-refractivity contribution in [3.8, 4) is 0 Å². The van der Waals surface area contributed by atoms with Gasteiger partial charge in [0.1, 0.15) is 0 Å². The first-order chi connectivity index (χ1) is 3.68. The molecule has 2 heteroatoms. The van der Waals surface area contributed by atoms with Crippen LogP contribution in [0.3, 0.4) is 0 Å². The zero-order chi connectivity index (χ0) is 6.57. The third-order valence-corrected chi connectivity index (χ3v) is 0.893. The first-order valence-electron chi connectivity index (χ1n) is 2.60. The highest BCUT2D eigenvalue weighted by molar-refractivity contribution is 5.55. The third kappa shape index (κ3) is 2.39. The lowest BCUT2D eigenvalue weighted by atomic mass is 10.4. The van der Waals surface area contributed by atoms with Crippen molar-refractivity contribution in [1.82, 2.24) is 0 Å². The van der Waals surface area contributed by atoms with E-state index in [2.05, 4.69) is 4.99 Å². The van der Waals surface area contributed by atoms with Gasteiger partial charge in [-0.3, -0.25) is 4.99 Å². The summed E-state index contributed by atoms with van der Waals surface area (Å²) in [6.07, 6.45) is 1.73. The predicted molar refractivity (Wildman–Crippen MR) is 36.7 cm³/mol. The molecule has 0 atom stereocenters. The SMILES string of the molecule is CC=N/C(C)=C(/C)N. The van der Waals surface area contributed by atoms with Gasteiger partial charge in [0.15, 0.2) is 0 Å². The van der Waals surface area contributed by atoms with Crippen LogP contribution >= 0.6 is 0 Å². The molecule has 46 valence electrons. The molecule has 0 aliphatic carbocycles. The standard InChI is InChI=1S/C6H12N2/c1-4-8-6(3)5(2)7/h4H,7H2,1-3H3/b6-5-,8-4?. The molecule has 0 aliphatic heterocycles. The number of nitrogens with two attached hydrogens (primary N) is 1. The summed E-state index contributed by atoms with van der Waals surface area (Å²) in [7, 11) is 0. The second kappa shape index (κ2) is 3.24. The van der Waals surface area contributed by atoms with Crippen LogP contribution in [0.15, 0.2) is 16.4 Å². The Bertz CT molecular complexity index is 118. The molecular formula is C6H12N2. The van der Waals surface area contributed by atoms with Gasteiger partial charge >= 0.3 is 0 Å². The quantitative estimate of drug-likeness (QED) is 0.510. The highest BCUT2D eigenvalue weighted by Crippen LogP contribution is 1.95. The van der Waals surface area contributed by atoms with E-state index in [1.165, 1.54) is 0 Å². The van der Waals surface area contributed by atoms with E-state index in [9.17, 15) is 0 Å². The topological polar surface area (TPSA) is 38.4 Å². The van der Waals surface area contributed by atoms with Crippen molar-refractivity contribution in [2.75, 3.05) is 0 Å². The number of aliphatic imine (C=N–C) groups is 1. The molecule has 0 saturated heterocycles. The van der Waals surface area contributed by atoms with E-state index >= 15 is 0 Å². The van der Waals surface area contributed by atoms with Gasteiger partial charge in [-0.25, -0.2) is 0 Å². The van der Waals surface area contributed by atoms with Crippen LogP contribution in [0.1, 0.15) is 20.8 Å². The van der Waals surface area contributed by atoms with Crippen LogP contribution in [0.2, 0.25) is 0 Å². The molecule has 2 nitrogen and oxygen atoms in total. The molecule has 8 heavy (non-hydrogen) atoms. The normalized spacial score (nSPS) is 14.4. The molecule has 0 aromatic carbocycles. The van der Waals surface area contributed by atoms with E-state index in [0.29, 0.717) is 0 Å². The first-order valence-corrected chi connectivity index (χ1v) is 2.60. The van der Waals surface area contributed by atoms with Gasteiger partial charge in [-0.2, -0.15) is 0 Å². The Labute approximate surface area is 50.1 Å². The fourth-order valence-electron chi connectivity index (χ4n) is 0.295. The lowest BCUT2D eigenvalue weighted by molar-refractivity contribution is 1.16. The molecule has 0 aromatic heterocycles. The van der Waals surface area contributed by atoms with Crippen LogP contribution in [-0.2, 0) is 0 Å². The van der Waals surface area contributed by atoms with Crippen molar-refractivity contribution in [3.63, 3.8) is 0 Å². The molecular weight excluding hydrogens is 100 g/mol. The third-order valence-electron chi connectivity index (χ3n) is 0.893. The summed E-state index contributed by atoms with van der Waals surface area (Å²) in [5, 5.41) is 0. The molecule has 0 heterocycles. The molecule has 0 saturated carbocycles. The van der Waals surface area contributed by atoms with Crippen molar-refractivity contribution in [3.05, 3.63) is 11.4 Å². The zero-order valence-electron chi connectivity index (χ0n) is 5.60. The second-order valence-corrected chi connectivity index (χ2v) is 1.66. The van der Waals surface area contributed by atoms with Crippen LogP contribution in [0.5, 0.6) is 0 Å². The van der Waals surface area contributed by atoms with Crippen molar-refractivity contribution in [2.45, 2.75) is 20.8 Å². The zero-order valence-corrected chi connectivity index (χ0v) is 5.60. The Kier molecular flexibility index (Phi) is 2.92. The molecule has 0 unspecified atom stereocenters. The van der Waals surface area contributed by atoms with Gasteiger partial charge in [-0.05, 0) is 20.8 Å².